The zero-order valence-electron chi connectivity index (χ0n) is 17.6. The van der Waals surface area contributed by atoms with Crippen LogP contribution < -0.4 is 11.1 Å². The molecular weight excluding hydrogens is 518 g/mol. The first-order chi connectivity index (χ1) is 16.9. The zero-order chi connectivity index (χ0) is 24.5. The number of nitrogens with one attached hydrogen (secondary N) is 2. The molecular formula is C17H17N11O4S3. The summed E-state index contributed by atoms with van der Waals surface area (Å²) in [6.45, 7) is 0.177. The van der Waals surface area contributed by atoms with E-state index in [1.807, 2.05) is 5.38 Å². The summed E-state index contributed by atoms with van der Waals surface area (Å²) in [6.07, 6.45) is 0. The van der Waals surface area contributed by atoms with Crippen LogP contribution in [-0.4, -0.2) is 91.5 Å². The number of nitrogens with zero attached hydrogens (tertiary/aromatic N) is 8. The van der Waals surface area contributed by atoms with Crippen LogP contribution in [0.1, 0.15) is 16.7 Å². The van der Waals surface area contributed by atoms with Gasteiger partial charge in [0, 0.05) is 16.4 Å². The quantitative estimate of drug-likeness (QED) is 0.188. The molecule has 2 aliphatic rings. The highest BCUT2D eigenvalue weighted by Crippen LogP contribution is 2.41. The molecule has 2 amide bonds. The number of thioether (sulfide) groups is 2. The van der Waals surface area contributed by atoms with Crippen molar-refractivity contribution in [1.82, 2.24) is 51.0 Å². The Bertz CT molecular complexity index is 1280. The highest BCUT2D eigenvalue weighted by atomic mass is 32.2. The fourth-order valence-corrected chi connectivity index (χ4v) is 6.50. The Morgan fingerprint density at radius 1 is 1.40 bits per heavy atom. The van der Waals surface area contributed by atoms with Gasteiger partial charge in [0.2, 0.25) is 11.1 Å². The summed E-state index contributed by atoms with van der Waals surface area (Å²) < 4.78 is 0. The number of hydrogen-bond donors (Lipinski definition) is 4. The molecule has 0 radical (unpaired) electrons. The molecule has 1 unspecified atom stereocenters. The molecule has 1 fully saturated rings. The van der Waals surface area contributed by atoms with E-state index in [4.69, 9.17) is 5.73 Å². The second kappa shape index (κ2) is 9.72. The molecule has 2 aliphatic heterocycles. The third-order valence-electron chi connectivity index (χ3n) is 5.16. The highest BCUT2D eigenvalue weighted by molar-refractivity contribution is 8.01. The molecule has 0 bridgehead atoms. The van der Waals surface area contributed by atoms with Gasteiger partial charge in [-0.25, -0.2) is 4.79 Å². The van der Waals surface area contributed by atoms with Crippen LogP contribution in [0.3, 0.4) is 0 Å². The van der Waals surface area contributed by atoms with Gasteiger partial charge < -0.3 is 16.2 Å². The predicted molar refractivity (Wildman–Crippen MR) is 123 cm³/mol. The van der Waals surface area contributed by atoms with Crippen molar-refractivity contribution in [2.75, 3.05) is 11.5 Å². The maximum atomic E-state index is 12.8. The van der Waals surface area contributed by atoms with Crippen LogP contribution in [0, 0.1) is 0 Å². The number of nitrogens with two attached hydrogens (primary N) is 1. The molecule has 1 saturated heterocycles. The summed E-state index contributed by atoms with van der Waals surface area (Å²) in [4.78, 5) is 40.6. The Morgan fingerprint density at radius 3 is 2.97 bits per heavy atom. The Kier molecular flexibility index (Phi) is 6.50. The second-order valence-electron chi connectivity index (χ2n) is 7.37. The number of aliphatic carboxylic acids is 1. The van der Waals surface area contributed by atoms with Crippen molar-refractivity contribution in [1.29, 1.82) is 0 Å². The Labute approximate surface area is 208 Å². The lowest BCUT2D eigenvalue weighted by Gasteiger charge is -2.49. The Balaban J connectivity index is 1.24. The first-order valence-electron chi connectivity index (χ1n) is 10.0. The maximum Gasteiger partial charge on any atom is 0.352 e. The molecule has 182 valence electrons. The predicted octanol–water partition coefficient (Wildman–Crippen LogP) is -1.17. The van der Waals surface area contributed by atoms with E-state index in [1.54, 1.807) is 12.1 Å². The average molecular weight is 536 g/mol. The number of rotatable bonds is 9. The van der Waals surface area contributed by atoms with Gasteiger partial charge in [0.1, 0.15) is 29.7 Å². The summed E-state index contributed by atoms with van der Waals surface area (Å²) in [6, 6.07) is 1.79. The molecule has 0 saturated carbocycles. The molecule has 3 atom stereocenters. The van der Waals surface area contributed by atoms with Crippen molar-refractivity contribution in [3.63, 3.8) is 0 Å². The first-order valence-corrected chi connectivity index (χ1v) is 13.0. The lowest BCUT2D eigenvalue weighted by atomic mass is 10.0. The zero-order valence-corrected chi connectivity index (χ0v) is 20.1. The van der Waals surface area contributed by atoms with Gasteiger partial charge in [0.05, 0.1) is 0 Å². The van der Waals surface area contributed by atoms with Gasteiger partial charge in [-0.3, -0.25) is 14.5 Å². The first kappa shape index (κ1) is 23.4. The number of carbonyl (C=O) groups is 3. The number of aromatic nitrogens is 8. The normalized spacial score (nSPS) is 20.4. The van der Waals surface area contributed by atoms with Crippen LogP contribution in [-0.2, 0) is 20.9 Å². The molecule has 35 heavy (non-hydrogen) atoms. The number of aromatic amines is 1. The molecule has 3 aromatic heterocycles. The topological polar surface area (TPSA) is 211 Å². The molecule has 15 nitrogen and oxygen atoms in total. The van der Waals surface area contributed by atoms with Crippen molar-refractivity contribution in [2.45, 2.75) is 29.2 Å². The van der Waals surface area contributed by atoms with Gasteiger partial charge in [0.15, 0.2) is 5.82 Å². The van der Waals surface area contributed by atoms with Crippen LogP contribution in [0.2, 0.25) is 0 Å². The fraction of sp³-hybridized carbons (Fsp3) is 0.353. The van der Waals surface area contributed by atoms with Crippen molar-refractivity contribution >= 4 is 52.6 Å². The molecule has 0 aromatic carbocycles. The SMILES string of the molecule is NC(C(=O)N[C@@H]1C(=O)N2C(C(=O)O)=C(CSc3nnn(Cc4nn[nH]n4)n3)CS[C@H]12)c1cccs1. The molecule has 5 N–H and O–H groups in total. The monoisotopic (exact) mass is 535 g/mol. The number of thiophene rings is 1. The van der Waals surface area contributed by atoms with Gasteiger partial charge >= 0.3 is 5.97 Å². The number of carboxylic acid groups (broad SMARTS) is 1. The van der Waals surface area contributed by atoms with Crippen LogP contribution >= 0.6 is 34.9 Å². The third-order valence-corrected chi connectivity index (χ3v) is 8.37. The van der Waals surface area contributed by atoms with Crippen molar-refractivity contribution in [2.24, 2.45) is 5.73 Å². The Morgan fingerprint density at radius 2 is 2.26 bits per heavy atom. The average Bonchev–Trinajstić information content (AvgIpc) is 3.63. The summed E-state index contributed by atoms with van der Waals surface area (Å²) in [7, 11) is 0. The lowest BCUT2D eigenvalue weighted by molar-refractivity contribution is -0.150. The van der Waals surface area contributed by atoms with Gasteiger partial charge in [-0.05, 0) is 22.2 Å². The van der Waals surface area contributed by atoms with E-state index >= 15 is 0 Å². The number of amides is 2. The van der Waals surface area contributed by atoms with Gasteiger partial charge in [0.25, 0.3) is 5.91 Å². The van der Waals surface area contributed by atoms with Gasteiger partial charge in [-0.15, -0.1) is 43.5 Å². The largest absolute Gasteiger partial charge is 0.477 e. The van der Waals surface area contributed by atoms with E-state index in [0.29, 0.717) is 27.2 Å². The number of carbonyl (C=O) groups excluding carboxylic acids is 2. The number of fused-ring (bicyclic) bond motifs is 1. The van der Waals surface area contributed by atoms with E-state index in [2.05, 4.69) is 41.4 Å². The molecule has 0 spiro atoms. The van der Waals surface area contributed by atoms with E-state index in [1.165, 1.54) is 44.6 Å². The van der Waals surface area contributed by atoms with Crippen LogP contribution in [0.5, 0.6) is 0 Å². The van der Waals surface area contributed by atoms with Crippen LogP contribution in [0.25, 0.3) is 0 Å². The van der Waals surface area contributed by atoms with E-state index in [-0.39, 0.29) is 18.0 Å². The number of tetrazole rings is 2. The molecule has 5 rings (SSSR count). The maximum absolute atomic E-state index is 12.8. The summed E-state index contributed by atoms with van der Waals surface area (Å²) in [5, 5.41) is 39.6. The smallest absolute Gasteiger partial charge is 0.352 e. The minimum Gasteiger partial charge on any atom is -0.477 e. The second-order valence-corrected chi connectivity index (χ2v) is 10.4. The van der Waals surface area contributed by atoms with Gasteiger partial charge in [-0.2, -0.15) is 10.0 Å². The van der Waals surface area contributed by atoms with Crippen molar-refractivity contribution in [3.8, 4) is 0 Å². The summed E-state index contributed by atoms with van der Waals surface area (Å²) in [5.41, 5.74) is 6.45. The Hall–Kier alpha value is -3.35. The van der Waals surface area contributed by atoms with Crippen LogP contribution in [0.4, 0.5) is 0 Å². The van der Waals surface area contributed by atoms with Crippen molar-refractivity contribution in [3.05, 3.63) is 39.5 Å². The van der Waals surface area contributed by atoms with Crippen LogP contribution in [0.15, 0.2) is 33.9 Å². The summed E-state index contributed by atoms with van der Waals surface area (Å²) in [5.74, 6) is -1.18. The fourth-order valence-electron chi connectivity index (χ4n) is 3.52. The third kappa shape index (κ3) is 4.64. The number of H-pyrrole nitrogens is 1. The minimum atomic E-state index is -1.21. The minimum absolute atomic E-state index is 0.0847. The molecule has 5 heterocycles. The number of β-lactam (4-membered cyclic amide) rings is 1. The number of carboxylic acids is 1. The van der Waals surface area contributed by atoms with Gasteiger partial charge in [-0.1, -0.05) is 23.0 Å². The van der Waals surface area contributed by atoms with E-state index < -0.39 is 35.2 Å². The molecule has 0 aliphatic carbocycles. The summed E-state index contributed by atoms with van der Waals surface area (Å²) >= 11 is 3.92. The van der Waals surface area contributed by atoms with E-state index in [9.17, 15) is 19.5 Å². The van der Waals surface area contributed by atoms with Crippen molar-refractivity contribution < 1.29 is 19.5 Å². The standard InChI is InChI=1S/C17H17N11O4S3/c18-10(8-2-1-3-33-8)13(29)19-11-14(30)28-12(16(31)32)7(5-34-15(11)28)6-35-17-22-26-27(23-17)4-9-20-24-25-21-9/h1-3,10-11,15H,4-6,18H2,(H,19,29)(H,31,32)(H,20,21,24,25)/t10?,11-,15-/m1/s1. The molecule has 3 aromatic rings. The number of hydrogen-bond acceptors (Lipinski definition) is 13. The highest BCUT2D eigenvalue weighted by Gasteiger charge is 2.54. The lowest BCUT2D eigenvalue weighted by Crippen LogP contribution is -2.71. The van der Waals surface area contributed by atoms with E-state index in [0.717, 1.165) is 0 Å². The molecule has 18 heteroatoms.